The number of hydrogen-bond donors (Lipinski definition) is 1. The van der Waals surface area contributed by atoms with Crippen molar-refractivity contribution in [2.45, 2.75) is 45.6 Å². The molecule has 1 fully saturated rings. The van der Waals surface area contributed by atoms with E-state index in [2.05, 4.69) is 39.7 Å². The van der Waals surface area contributed by atoms with Gasteiger partial charge in [0.25, 0.3) is 0 Å². The number of allylic oxidation sites excluding steroid dienone is 2. The SMILES string of the molecule is CC1CCN(Cc2csc(NC(=O)C3CC=CCC3)n2)CC1. The molecule has 1 aliphatic heterocycles. The number of thiazole rings is 1. The molecule has 22 heavy (non-hydrogen) atoms. The summed E-state index contributed by atoms with van der Waals surface area (Å²) in [6, 6.07) is 0. The summed E-state index contributed by atoms with van der Waals surface area (Å²) >= 11 is 1.54. The lowest BCUT2D eigenvalue weighted by Crippen LogP contribution is -2.32. The first-order valence-electron chi connectivity index (χ1n) is 8.33. The van der Waals surface area contributed by atoms with Crippen LogP contribution >= 0.6 is 11.3 Å². The lowest BCUT2D eigenvalue weighted by Gasteiger charge is -2.29. The maximum Gasteiger partial charge on any atom is 0.229 e. The quantitative estimate of drug-likeness (QED) is 0.861. The van der Waals surface area contributed by atoms with E-state index in [1.54, 1.807) is 11.3 Å². The molecule has 1 aliphatic carbocycles. The number of likely N-dealkylation sites (tertiary alicyclic amines) is 1. The van der Waals surface area contributed by atoms with Crippen molar-refractivity contribution >= 4 is 22.4 Å². The Balaban J connectivity index is 1.50. The minimum atomic E-state index is 0.112. The van der Waals surface area contributed by atoms with Crippen LogP contribution in [0.5, 0.6) is 0 Å². The van der Waals surface area contributed by atoms with E-state index in [0.717, 1.165) is 55.6 Å². The van der Waals surface area contributed by atoms with Gasteiger partial charge in [-0.1, -0.05) is 19.1 Å². The standard InChI is InChI=1S/C17H25N3OS/c1-13-7-9-20(10-8-13)11-15-12-22-17(18-15)19-16(21)14-5-3-2-4-6-14/h2-3,12-14H,4-11H2,1H3,(H,18,19,21). The predicted molar refractivity (Wildman–Crippen MR) is 90.9 cm³/mol. The molecular weight excluding hydrogens is 294 g/mol. The van der Waals surface area contributed by atoms with Crippen molar-refractivity contribution in [1.29, 1.82) is 0 Å². The number of hydrogen-bond acceptors (Lipinski definition) is 4. The minimum Gasteiger partial charge on any atom is -0.302 e. The number of carbonyl (C=O) groups excluding carboxylic acids is 1. The van der Waals surface area contributed by atoms with Crippen molar-refractivity contribution in [3.8, 4) is 0 Å². The van der Waals surface area contributed by atoms with E-state index in [1.165, 1.54) is 12.8 Å². The number of rotatable bonds is 4. The lowest BCUT2D eigenvalue weighted by atomic mass is 9.94. The van der Waals surface area contributed by atoms with E-state index in [4.69, 9.17) is 0 Å². The molecule has 0 bridgehead atoms. The third-order valence-corrected chi connectivity index (χ3v) is 5.49. The van der Waals surface area contributed by atoms with E-state index < -0.39 is 0 Å². The first-order chi connectivity index (χ1) is 10.7. The van der Waals surface area contributed by atoms with Crippen LogP contribution in [0.2, 0.25) is 0 Å². The molecule has 5 heteroatoms. The first kappa shape index (κ1) is 15.7. The van der Waals surface area contributed by atoms with Crippen LogP contribution in [0.15, 0.2) is 17.5 Å². The number of carbonyl (C=O) groups is 1. The third-order valence-electron chi connectivity index (χ3n) is 4.68. The average Bonchev–Trinajstić information content (AvgIpc) is 2.97. The van der Waals surface area contributed by atoms with Crippen molar-refractivity contribution < 1.29 is 4.79 Å². The topological polar surface area (TPSA) is 45.2 Å². The van der Waals surface area contributed by atoms with Gasteiger partial charge in [0.1, 0.15) is 0 Å². The molecule has 1 amide bonds. The average molecular weight is 319 g/mol. The zero-order valence-electron chi connectivity index (χ0n) is 13.3. The molecule has 1 N–H and O–H groups in total. The predicted octanol–water partition coefficient (Wildman–Crippen LogP) is 3.67. The van der Waals surface area contributed by atoms with Gasteiger partial charge in [0.15, 0.2) is 5.13 Å². The second kappa shape index (κ2) is 7.38. The van der Waals surface area contributed by atoms with Crippen LogP contribution in [-0.2, 0) is 11.3 Å². The number of nitrogens with one attached hydrogen (secondary N) is 1. The van der Waals surface area contributed by atoms with Crippen LogP contribution in [0.25, 0.3) is 0 Å². The van der Waals surface area contributed by atoms with Crippen molar-refractivity contribution in [3.05, 3.63) is 23.2 Å². The lowest BCUT2D eigenvalue weighted by molar-refractivity contribution is -0.120. The van der Waals surface area contributed by atoms with Gasteiger partial charge in [-0.15, -0.1) is 11.3 Å². The zero-order valence-corrected chi connectivity index (χ0v) is 14.1. The summed E-state index contributed by atoms with van der Waals surface area (Å²) in [6.45, 7) is 5.56. The summed E-state index contributed by atoms with van der Waals surface area (Å²) in [5.41, 5.74) is 1.08. The highest BCUT2D eigenvalue weighted by Crippen LogP contribution is 2.23. The van der Waals surface area contributed by atoms with Crippen molar-refractivity contribution in [1.82, 2.24) is 9.88 Å². The van der Waals surface area contributed by atoms with E-state index >= 15 is 0 Å². The Morgan fingerprint density at radius 3 is 2.91 bits per heavy atom. The Kier molecular flexibility index (Phi) is 5.26. The Hall–Kier alpha value is -1.20. The maximum atomic E-state index is 12.2. The fourth-order valence-electron chi connectivity index (χ4n) is 3.13. The van der Waals surface area contributed by atoms with E-state index in [-0.39, 0.29) is 11.8 Å². The summed E-state index contributed by atoms with van der Waals surface area (Å²) in [7, 11) is 0. The summed E-state index contributed by atoms with van der Waals surface area (Å²) in [5, 5.41) is 5.82. The van der Waals surface area contributed by atoms with E-state index in [9.17, 15) is 4.79 Å². The number of amides is 1. The van der Waals surface area contributed by atoms with Crippen LogP contribution in [0, 0.1) is 11.8 Å². The molecule has 0 spiro atoms. The molecule has 3 rings (SSSR count). The second-order valence-corrected chi connectivity index (χ2v) is 7.43. The van der Waals surface area contributed by atoms with Gasteiger partial charge < -0.3 is 5.32 Å². The molecule has 1 unspecified atom stereocenters. The van der Waals surface area contributed by atoms with Gasteiger partial charge in [-0.25, -0.2) is 4.98 Å². The van der Waals surface area contributed by atoms with Crippen molar-refractivity contribution in [3.63, 3.8) is 0 Å². The largest absolute Gasteiger partial charge is 0.302 e. The van der Waals surface area contributed by atoms with Crippen LogP contribution in [-0.4, -0.2) is 28.9 Å². The first-order valence-corrected chi connectivity index (χ1v) is 9.21. The number of aromatic nitrogens is 1. The van der Waals surface area contributed by atoms with Crippen LogP contribution in [0.4, 0.5) is 5.13 Å². The minimum absolute atomic E-state index is 0.112. The van der Waals surface area contributed by atoms with E-state index in [1.807, 2.05) is 0 Å². The highest BCUT2D eigenvalue weighted by molar-refractivity contribution is 7.13. The fourth-order valence-corrected chi connectivity index (χ4v) is 3.83. The number of anilines is 1. The fraction of sp³-hybridized carbons (Fsp3) is 0.647. The van der Waals surface area contributed by atoms with Crippen LogP contribution < -0.4 is 5.32 Å². The Bertz CT molecular complexity index is 532. The smallest absolute Gasteiger partial charge is 0.229 e. The van der Waals surface area contributed by atoms with Crippen molar-refractivity contribution in [2.24, 2.45) is 11.8 Å². The Morgan fingerprint density at radius 1 is 1.36 bits per heavy atom. The normalized spacial score (nSPS) is 23.6. The van der Waals surface area contributed by atoms with Crippen LogP contribution in [0.1, 0.15) is 44.7 Å². The molecule has 2 heterocycles. The van der Waals surface area contributed by atoms with Gasteiger partial charge >= 0.3 is 0 Å². The molecule has 0 aromatic carbocycles. The molecule has 0 radical (unpaired) electrons. The Labute approximate surface area is 136 Å². The Morgan fingerprint density at radius 2 is 2.18 bits per heavy atom. The monoisotopic (exact) mass is 319 g/mol. The number of nitrogens with zero attached hydrogens (tertiary/aromatic N) is 2. The summed E-state index contributed by atoms with van der Waals surface area (Å²) in [5.74, 6) is 1.09. The van der Waals surface area contributed by atoms with Gasteiger partial charge in [-0.2, -0.15) is 0 Å². The molecule has 4 nitrogen and oxygen atoms in total. The maximum absolute atomic E-state index is 12.2. The van der Waals surface area contributed by atoms with Crippen molar-refractivity contribution in [2.75, 3.05) is 18.4 Å². The molecule has 2 aliphatic rings. The third kappa shape index (κ3) is 4.17. The summed E-state index contributed by atoms with van der Waals surface area (Å²) < 4.78 is 0. The van der Waals surface area contributed by atoms with Gasteiger partial charge in [0.05, 0.1) is 5.69 Å². The molecule has 120 valence electrons. The summed E-state index contributed by atoms with van der Waals surface area (Å²) in [4.78, 5) is 19.3. The highest BCUT2D eigenvalue weighted by atomic mass is 32.1. The summed E-state index contributed by atoms with van der Waals surface area (Å²) in [6.07, 6.45) is 9.64. The molecule has 1 aromatic heterocycles. The molecular formula is C17H25N3OS. The molecule has 0 saturated carbocycles. The molecule has 1 atom stereocenters. The zero-order chi connectivity index (χ0) is 15.4. The van der Waals surface area contributed by atoms with Crippen LogP contribution in [0.3, 0.4) is 0 Å². The molecule has 1 saturated heterocycles. The van der Waals surface area contributed by atoms with Gasteiger partial charge in [-0.05, 0) is 51.1 Å². The highest BCUT2D eigenvalue weighted by Gasteiger charge is 2.20. The van der Waals surface area contributed by atoms with Gasteiger partial charge in [-0.3, -0.25) is 9.69 Å². The van der Waals surface area contributed by atoms with Gasteiger partial charge in [0.2, 0.25) is 5.91 Å². The number of piperidine rings is 1. The van der Waals surface area contributed by atoms with Gasteiger partial charge in [0, 0.05) is 17.8 Å². The van der Waals surface area contributed by atoms with E-state index in [0.29, 0.717) is 0 Å². The molecule has 1 aromatic rings. The second-order valence-electron chi connectivity index (χ2n) is 6.57.